The molecule has 1 saturated heterocycles. The molecule has 5 nitrogen and oxygen atoms in total. The zero-order valence-electron chi connectivity index (χ0n) is 15.4. The minimum Gasteiger partial charge on any atom is -0.346 e. The number of nitrogens with one attached hydrogen (secondary N) is 1. The van der Waals surface area contributed by atoms with Gasteiger partial charge in [0.15, 0.2) is 0 Å². The fraction of sp³-hybridized carbons (Fsp3) is 0.350. The van der Waals surface area contributed by atoms with Crippen LogP contribution >= 0.6 is 11.6 Å². The maximum absolute atomic E-state index is 12.8. The van der Waals surface area contributed by atoms with Crippen LogP contribution in [0.5, 0.6) is 0 Å². The largest absolute Gasteiger partial charge is 0.346 e. The van der Waals surface area contributed by atoms with E-state index in [-0.39, 0.29) is 27.4 Å². The first-order chi connectivity index (χ1) is 12.8. The summed E-state index contributed by atoms with van der Waals surface area (Å²) in [6.45, 7) is 4.86. The summed E-state index contributed by atoms with van der Waals surface area (Å²) >= 11 is 6.14. The molecule has 1 aliphatic heterocycles. The standard InChI is InChI=1S/C20H23ClN2O3S/c1-14-5-7-16(8-6-14)15(2)22-20(24)17-9-10-18(21)19(13-17)27(25,26)23-11-3-4-12-23/h5-10,13,15H,3-4,11-12H2,1-2H3,(H,22,24)/t15-/m0/s1. The number of aryl methyl sites for hydroxylation is 1. The molecule has 2 aromatic rings. The van der Waals surface area contributed by atoms with Crippen molar-refractivity contribution in [1.82, 2.24) is 9.62 Å². The molecule has 2 aromatic carbocycles. The van der Waals surface area contributed by atoms with Gasteiger partial charge in [0.2, 0.25) is 10.0 Å². The van der Waals surface area contributed by atoms with E-state index < -0.39 is 10.0 Å². The molecule has 0 aliphatic carbocycles. The number of sulfonamides is 1. The summed E-state index contributed by atoms with van der Waals surface area (Å²) in [4.78, 5) is 12.6. The van der Waals surface area contributed by atoms with E-state index in [0.717, 1.165) is 24.0 Å². The predicted octanol–water partition coefficient (Wildman–Crippen LogP) is 3.92. The van der Waals surface area contributed by atoms with E-state index in [2.05, 4.69) is 5.32 Å². The number of benzene rings is 2. The third-order valence-electron chi connectivity index (χ3n) is 4.80. The Kier molecular flexibility index (Phi) is 5.89. The van der Waals surface area contributed by atoms with Gasteiger partial charge in [-0.15, -0.1) is 0 Å². The third kappa shape index (κ3) is 4.34. The third-order valence-corrected chi connectivity index (χ3v) is 7.18. The van der Waals surface area contributed by atoms with E-state index in [0.29, 0.717) is 13.1 Å². The quantitative estimate of drug-likeness (QED) is 0.818. The molecular formula is C20H23ClN2O3S. The van der Waals surface area contributed by atoms with Gasteiger partial charge in [0, 0.05) is 18.7 Å². The number of carbonyl (C=O) groups excluding carboxylic acids is 1. The molecule has 0 saturated carbocycles. The summed E-state index contributed by atoms with van der Waals surface area (Å²) in [5, 5.41) is 3.04. The van der Waals surface area contributed by atoms with Crippen molar-refractivity contribution >= 4 is 27.5 Å². The molecule has 3 rings (SSSR count). The Labute approximate surface area is 165 Å². The molecule has 1 N–H and O–H groups in total. The Hall–Kier alpha value is -1.89. The lowest BCUT2D eigenvalue weighted by Gasteiger charge is -2.18. The maximum atomic E-state index is 12.8. The average Bonchev–Trinajstić information content (AvgIpc) is 3.18. The van der Waals surface area contributed by atoms with Gasteiger partial charge in [-0.05, 0) is 50.5 Å². The van der Waals surface area contributed by atoms with E-state index >= 15 is 0 Å². The molecule has 0 unspecified atom stereocenters. The SMILES string of the molecule is Cc1ccc([C@H](C)NC(=O)c2ccc(Cl)c(S(=O)(=O)N3CCCC3)c2)cc1. The summed E-state index contributed by atoms with van der Waals surface area (Å²) in [5.74, 6) is -0.336. The molecule has 1 heterocycles. The van der Waals surface area contributed by atoms with Crippen molar-refractivity contribution in [3.63, 3.8) is 0 Å². The second kappa shape index (κ2) is 8.00. The van der Waals surface area contributed by atoms with Crippen molar-refractivity contribution < 1.29 is 13.2 Å². The van der Waals surface area contributed by atoms with Crippen molar-refractivity contribution in [2.24, 2.45) is 0 Å². The summed E-state index contributed by atoms with van der Waals surface area (Å²) < 4.78 is 27.1. The molecule has 0 radical (unpaired) electrons. The first-order valence-electron chi connectivity index (χ1n) is 8.96. The van der Waals surface area contributed by atoms with Crippen LogP contribution in [0.1, 0.15) is 47.3 Å². The Bertz CT molecular complexity index is 936. The number of halogens is 1. The molecule has 1 fully saturated rings. The first kappa shape index (κ1) is 19.9. The number of hydrogen-bond donors (Lipinski definition) is 1. The van der Waals surface area contributed by atoms with Crippen LogP contribution in [0, 0.1) is 6.92 Å². The van der Waals surface area contributed by atoms with Crippen molar-refractivity contribution in [3.8, 4) is 0 Å². The molecule has 1 aliphatic rings. The lowest BCUT2D eigenvalue weighted by atomic mass is 10.1. The van der Waals surface area contributed by atoms with Gasteiger partial charge in [-0.25, -0.2) is 8.42 Å². The van der Waals surface area contributed by atoms with Crippen LogP contribution in [0.15, 0.2) is 47.4 Å². The summed E-state index contributed by atoms with van der Waals surface area (Å²) in [6, 6.07) is 12.1. The van der Waals surface area contributed by atoms with E-state index in [1.807, 2.05) is 38.1 Å². The predicted molar refractivity (Wildman–Crippen MR) is 107 cm³/mol. The van der Waals surface area contributed by atoms with E-state index in [4.69, 9.17) is 11.6 Å². The molecule has 7 heteroatoms. The molecule has 27 heavy (non-hydrogen) atoms. The highest BCUT2D eigenvalue weighted by Crippen LogP contribution is 2.28. The summed E-state index contributed by atoms with van der Waals surface area (Å²) in [6.07, 6.45) is 1.68. The fourth-order valence-corrected chi connectivity index (χ4v) is 5.15. The zero-order valence-corrected chi connectivity index (χ0v) is 17.0. The molecule has 1 amide bonds. The molecular weight excluding hydrogens is 384 g/mol. The lowest BCUT2D eigenvalue weighted by Crippen LogP contribution is -2.29. The average molecular weight is 407 g/mol. The van der Waals surface area contributed by atoms with Gasteiger partial charge in [0.25, 0.3) is 5.91 Å². The monoisotopic (exact) mass is 406 g/mol. The maximum Gasteiger partial charge on any atom is 0.251 e. The number of carbonyl (C=O) groups is 1. The van der Waals surface area contributed by atoms with Crippen LogP contribution in [0.3, 0.4) is 0 Å². The Morgan fingerprint density at radius 3 is 2.37 bits per heavy atom. The number of hydrogen-bond acceptors (Lipinski definition) is 3. The van der Waals surface area contributed by atoms with E-state index in [1.165, 1.54) is 16.4 Å². The topological polar surface area (TPSA) is 66.5 Å². The van der Waals surface area contributed by atoms with Crippen molar-refractivity contribution in [3.05, 3.63) is 64.2 Å². The summed E-state index contributed by atoms with van der Waals surface area (Å²) in [5.41, 5.74) is 2.40. The highest BCUT2D eigenvalue weighted by Gasteiger charge is 2.29. The van der Waals surface area contributed by atoms with Crippen molar-refractivity contribution in [2.45, 2.75) is 37.6 Å². The van der Waals surface area contributed by atoms with E-state index in [1.54, 1.807) is 6.07 Å². The molecule has 144 valence electrons. The Morgan fingerprint density at radius 2 is 1.74 bits per heavy atom. The minimum absolute atomic E-state index is 0.0123. The van der Waals surface area contributed by atoms with Gasteiger partial charge < -0.3 is 5.32 Å². The molecule has 0 spiro atoms. The zero-order chi connectivity index (χ0) is 19.6. The van der Waals surface area contributed by atoms with Crippen LogP contribution in [0.2, 0.25) is 5.02 Å². The van der Waals surface area contributed by atoms with Crippen molar-refractivity contribution in [2.75, 3.05) is 13.1 Å². The van der Waals surface area contributed by atoms with Crippen LogP contribution in [-0.4, -0.2) is 31.7 Å². The van der Waals surface area contributed by atoms with Crippen molar-refractivity contribution in [1.29, 1.82) is 0 Å². The van der Waals surface area contributed by atoms with Crippen LogP contribution in [-0.2, 0) is 10.0 Å². The number of rotatable bonds is 5. The Balaban J connectivity index is 1.82. The Morgan fingerprint density at radius 1 is 1.11 bits per heavy atom. The number of amides is 1. The fourth-order valence-electron chi connectivity index (χ4n) is 3.13. The summed E-state index contributed by atoms with van der Waals surface area (Å²) in [7, 11) is -3.69. The van der Waals surface area contributed by atoms with Gasteiger partial charge >= 0.3 is 0 Å². The van der Waals surface area contributed by atoms with E-state index in [9.17, 15) is 13.2 Å². The van der Waals surface area contributed by atoms with Gasteiger partial charge in [-0.2, -0.15) is 4.31 Å². The highest BCUT2D eigenvalue weighted by molar-refractivity contribution is 7.89. The highest BCUT2D eigenvalue weighted by atomic mass is 35.5. The van der Waals surface area contributed by atoms with Crippen LogP contribution in [0.4, 0.5) is 0 Å². The van der Waals surface area contributed by atoms with Crippen LogP contribution < -0.4 is 5.32 Å². The minimum atomic E-state index is -3.69. The van der Waals surface area contributed by atoms with Gasteiger partial charge in [-0.3, -0.25) is 4.79 Å². The van der Waals surface area contributed by atoms with Gasteiger partial charge in [-0.1, -0.05) is 41.4 Å². The number of nitrogens with zero attached hydrogens (tertiary/aromatic N) is 1. The van der Waals surface area contributed by atoms with Gasteiger partial charge in [0.05, 0.1) is 11.1 Å². The second-order valence-corrected chi connectivity index (χ2v) is 9.18. The molecule has 1 atom stereocenters. The molecule has 0 aromatic heterocycles. The van der Waals surface area contributed by atoms with Crippen LogP contribution in [0.25, 0.3) is 0 Å². The first-order valence-corrected chi connectivity index (χ1v) is 10.8. The lowest BCUT2D eigenvalue weighted by molar-refractivity contribution is 0.0939. The normalized spacial score (nSPS) is 16.3. The molecule has 0 bridgehead atoms. The smallest absolute Gasteiger partial charge is 0.251 e. The van der Waals surface area contributed by atoms with Gasteiger partial charge in [0.1, 0.15) is 4.90 Å². The second-order valence-electron chi connectivity index (χ2n) is 6.86.